The monoisotopic (exact) mass is 263 g/mol. The smallest absolute Gasteiger partial charge is 0.309 e. The second kappa shape index (κ2) is 5.73. The third kappa shape index (κ3) is 3.71. The van der Waals surface area contributed by atoms with Gasteiger partial charge in [-0.05, 0) is 24.5 Å². The molecule has 2 atom stereocenters. The number of hydrogen-bond donors (Lipinski definition) is 1. The van der Waals surface area contributed by atoms with Crippen LogP contribution in [0.3, 0.4) is 0 Å². The molecule has 0 radical (unpaired) electrons. The lowest BCUT2D eigenvalue weighted by Crippen LogP contribution is -2.21. The third-order valence-electron chi connectivity index (χ3n) is 3.11. The van der Waals surface area contributed by atoms with Crippen molar-refractivity contribution in [2.45, 2.75) is 13.3 Å². The van der Waals surface area contributed by atoms with Gasteiger partial charge in [-0.15, -0.1) is 0 Å². The number of rotatable bonds is 5. The Morgan fingerprint density at radius 3 is 2.79 bits per heavy atom. The van der Waals surface area contributed by atoms with Crippen LogP contribution >= 0.6 is 0 Å². The zero-order valence-corrected chi connectivity index (χ0v) is 11.0. The molecule has 0 heterocycles. The van der Waals surface area contributed by atoms with Gasteiger partial charge >= 0.3 is 5.97 Å². The van der Waals surface area contributed by atoms with Gasteiger partial charge in [0.15, 0.2) is 6.61 Å². The molecule has 5 heteroatoms. The van der Waals surface area contributed by atoms with Crippen molar-refractivity contribution in [2.75, 3.05) is 19.0 Å². The number of anilines is 1. The van der Waals surface area contributed by atoms with Gasteiger partial charge in [0.1, 0.15) is 5.75 Å². The van der Waals surface area contributed by atoms with E-state index in [4.69, 9.17) is 9.47 Å². The van der Waals surface area contributed by atoms with Gasteiger partial charge in [0.2, 0.25) is 0 Å². The number of ether oxygens (including phenoxy) is 2. The molecule has 0 spiro atoms. The Hall–Kier alpha value is -2.04. The molecule has 0 saturated heterocycles. The first kappa shape index (κ1) is 13.4. The summed E-state index contributed by atoms with van der Waals surface area (Å²) in [6.07, 6.45) is 0.857. The summed E-state index contributed by atoms with van der Waals surface area (Å²) in [5.74, 6) is 0.378. The molecule has 1 fully saturated rings. The van der Waals surface area contributed by atoms with Crippen molar-refractivity contribution in [1.29, 1.82) is 0 Å². The number of esters is 1. The van der Waals surface area contributed by atoms with Crippen molar-refractivity contribution >= 4 is 17.6 Å². The SMILES string of the molecule is COc1cccc(NC(=O)COC(=O)[C@H]2C[C@H]2C)c1. The molecule has 0 aliphatic heterocycles. The lowest BCUT2D eigenvalue weighted by atomic mass is 10.3. The Balaban J connectivity index is 1.78. The van der Waals surface area contributed by atoms with E-state index in [1.165, 1.54) is 0 Å². The van der Waals surface area contributed by atoms with Gasteiger partial charge in [-0.3, -0.25) is 9.59 Å². The quantitative estimate of drug-likeness (QED) is 0.823. The Labute approximate surface area is 111 Å². The molecule has 2 rings (SSSR count). The van der Waals surface area contributed by atoms with E-state index in [1.807, 2.05) is 6.92 Å². The van der Waals surface area contributed by atoms with E-state index >= 15 is 0 Å². The second-order valence-corrected chi connectivity index (χ2v) is 4.71. The van der Waals surface area contributed by atoms with Crippen LogP contribution in [0.5, 0.6) is 5.75 Å². The van der Waals surface area contributed by atoms with Crippen LogP contribution in [0.15, 0.2) is 24.3 Å². The average molecular weight is 263 g/mol. The number of benzene rings is 1. The van der Waals surface area contributed by atoms with Gasteiger partial charge in [-0.1, -0.05) is 13.0 Å². The molecular weight excluding hydrogens is 246 g/mol. The first-order valence-electron chi connectivity index (χ1n) is 6.20. The van der Waals surface area contributed by atoms with Crippen LogP contribution in [0.1, 0.15) is 13.3 Å². The highest BCUT2D eigenvalue weighted by Crippen LogP contribution is 2.38. The number of amides is 1. The topological polar surface area (TPSA) is 64.6 Å². The molecule has 1 aromatic carbocycles. The summed E-state index contributed by atoms with van der Waals surface area (Å²) in [4.78, 5) is 23.1. The first-order chi connectivity index (χ1) is 9.10. The summed E-state index contributed by atoms with van der Waals surface area (Å²) in [6.45, 7) is 1.74. The minimum absolute atomic E-state index is 0.0235. The van der Waals surface area contributed by atoms with E-state index in [2.05, 4.69) is 5.32 Å². The molecule has 0 aromatic heterocycles. The Morgan fingerprint density at radius 2 is 2.16 bits per heavy atom. The van der Waals surface area contributed by atoms with Gasteiger partial charge in [-0.2, -0.15) is 0 Å². The highest BCUT2D eigenvalue weighted by molar-refractivity contribution is 5.93. The molecule has 1 saturated carbocycles. The van der Waals surface area contributed by atoms with Crippen molar-refractivity contribution in [3.8, 4) is 5.75 Å². The summed E-state index contributed by atoms with van der Waals surface area (Å²) < 4.78 is 9.99. The maximum absolute atomic E-state index is 11.6. The van der Waals surface area contributed by atoms with Crippen LogP contribution < -0.4 is 10.1 Å². The number of nitrogens with one attached hydrogen (secondary N) is 1. The predicted octanol–water partition coefficient (Wildman–Crippen LogP) is 1.83. The molecule has 1 aliphatic rings. The van der Waals surface area contributed by atoms with Gasteiger partial charge in [0, 0.05) is 11.8 Å². The summed E-state index contributed by atoms with van der Waals surface area (Å²) in [5.41, 5.74) is 0.611. The van der Waals surface area contributed by atoms with Crippen molar-refractivity contribution in [1.82, 2.24) is 0 Å². The van der Waals surface area contributed by atoms with Crippen molar-refractivity contribution in [3.63, 3.8) is 0 Å². The van der Waals surface area contributed by atoms with E-state index < -0.39 is 0 Å². The summed E-state index contributed by atoms with van der Waals surface area (Å²) >= 11 is 0. The zero-order valence-electron chi connectivity index (χ0n) is 11.0. The van der Waals surface area contributed by atoms with Crippen molar-refractivity contribution < 1.29 is 19.1 Å². The Kier molecular flexibility index (Phi) is 4.04. The largest absolute Gasteiger partial charge is 0.497 e. The lowest BCUT2D eigenvalue weighted by molar-refractivity contribution is -0.148. The van der Waals surface area contributed by atoms with Crippen LogP contribution in [-0.2, 0) is 14.3 Å². The van der Waals surface area contributed by atoms with Crippen LogP contribution in [-0.4, -0.2) is 25.6 Å². The van der Waals surface area contributed by atoms with E-state index in [9.17, 15) is 9.59 Å². The number of methoxy groups -OCH3 is 1. The Morgan fingerprint density at radius 1 is 1.42 bits per heavy atom. The highest BCUT2D eigenvalue weighted by atomic mass is 16.5. The number of carbonyl (C=O) groups is 2. The van der Waals surface area contributed by atoms with Crippen molar-refractivity contribution in [3.05, 3.63) is 24.3 Å². The van der Waals surface area contributed by atoms with Crippen LogP contribution in [0.4, 0.5) is 5.69 Å². The molecule has 0 bridgehead atoms. The van der Waals surface area contributed by atoms with Gasteiger partial charge in [0.25, 0.3) is 5.91 Å². The lowest BCUT2D eigenvalue weighted by Gasteiger charge is -2.07. The molecular formula is C14H17NO4. The minimum Gasteiger partial charge on any atom is -0.497 e. The summed E-state index contributed by atoms with van der Waals surface area (Å²) in [5, 5.41) is 2.65. The fourth-order valence-corrected chi connectivity index (χ4v) is 1.79. The van der Waals surface area contributed by atoms with E-state index in [0.717, 1.165) is 6.42 Å². The fraction of sp³-hybridized carbons (Fsp3) is 0.429. The standard InChI is InChI=1S/C14H17NO4/c1-9-6-12(9)14(17)19-8-13(16)15-10-4-3-5-11(7-10)18-2/h3-5,7,9,12H,6,8H2,1-2H3,(H,15,16)/t9-,12+/m1/s1. The maximum Gasteiger partial charge on any atom is 0.309 e. The van der Waals surface area contributed by atoms with E-state index in [-0.39, 0.29) is 24.4 Å². The number of carbonyl (C=O) groups excluding carboxylic acids is 2. The van der Waals surface area contributed by atoms with Crippen molar-refractivity contribution in [2.24, 2.45) is 11.8 Å². The molecule has 5 nitrogen and oxygen atoms in total. The fourth-order valence-electron chi connectivity index (χ4n) is 1.79. The normalized spacial score (nSPS) is 20.5. The average Bonchev–Trinajstić information content (AvgIpc) is 3.13. The molecule has 102 valence electrons. The summed E-state index contributed by atoms with van der Waals surface area (Å²) in [7, 11) is 1.56. The van der Waals surface area contributed by atoms with Gasteiger partial charge < -0.3 is 14.8 Å². The first-order valence-corrected chi connectivity index (χ1v) is 6.20. The van der Waals surface area contributed by atoms with Gasteiger partial charge in [0.05, 0.1) is 13.0 Å². The van der Waals surface area contributed by atoms with E-state index in [1.54, 1.807) is 31.4 Å². The minimum atomic E-state index is -0.352. The zero-order chi connectivity index (χ0) is 13.8. The van der Waals surface area contributed by atoms with Crippen LogP contribution in [0.2, 0.25) is 0 Å². The third-order valence-corrected chi connectivity index (χ3v) is 3.11. The number of hydrogen-bond acceptors (Lipinski definition) is 4. The molecule has 1 aliphatic carbocycles. The molecule has 1 amide bonds. The molecule has 1 N–H and O–H groups in total. The van der Waals surface area contributed by atoms with E-state index in [0.29, 0.717) is 17.4 Å². The molecule has 19 heavy (non-hydrogen) atoms. The predicted molar refractivity (Wildman–Crippen MR) is 69.9 cm³/mol. The molecule has 1 aromatic rings. The second-order valence-electron chi connectivity index (χ2n) is 4.71. The van der Waals surface area contributed by atoms with Gasteiger partial charge in [-0.25, -0.2) is 0 Å². The Bertz CT molecular complexity index is 486. The van der Waals surface area contributed by atoms with Crippen LogP contribution in [0, 0.1) is 11.8 Å². The van der Waals surface area contributed by atoms with Crippen LogP contribution in [0.25, 0.3) is 0 Å². The maximum atomic E-state index is 11.6. The molecule has 0 unspecified atom stereocenters. The highest BCUT2D eigenvalue weighted by Gasteiger charge is 2.40. The summed E-state index contributed by atoms with van der Waals surface area (Å²) in [6, 6.07) is 6.99.